The predicted molar refractivity (Wildman–Crippen MR) is 90.2 cm³/mol. The van der Waals surface area contributed by atoms with Crippen molar-refractivity contribution in [2.75, 3.05) is 0 Å². The van der Waals surface area contributed by atoms with E-state index >= 15 is 0 Å². The Labute approximate surface area is 146 Å². The molecule has 0 heterocycles. The number of carboxylic acid groups (broad SMARTS) is 1. The summed E-state index contributed by atoms with van der Waals surface area (Å²) in [6, 6.07) is 4.98. The molecular weight excluding hydrogens is 335 g/mol. The molecule has 0 saturated heterocycles. The number of carbonyl (C=O) groups excluding carboxylic acids is 1. The highest BCUT2D eigenvalue weighted by molar-refractivity contribution is 6.42. The number of halogens is 2. The number of hydrogen-bond donors (Lipinski definition) is 1. The number of ketones is 1. The Hall–Kier alpha value is -1.06. The monoisotopic (exact) mass is 354 g/mol. The Morgan fingerprint density at radius 3 is 2.43 bits per heavy atom. The van der Waals surface area contributed by atoms with Crippen molar-refractivity contribution in [1.82, 2.24) is 0 Å². The summed E-state index contributed by atoms with van der Waals surface area (Å²) in [6.45, 7) is 1.82. The molecule has 0 spiro atoms. The van der Waals surface area contributed by atoms with Crippen molar-refractivity contribution in [3.63, 3.8) is 0 Å². The maximum Gasteiger partial charge on any atom is 0.306 e. The lowest BCUT2D eigenvalue weighted by molar-refractivity contribution is -0.238. The van der Waals surface area contributed by atoms with Crippen LogP contribution in [0, 0.1) is 16.7 Å². The summed E-state index contributed by atoms with van der Waals surface area (Å²) in [5.74, 6) is -0.848. The zero-order chi connectivity index (χ0) is 16.8. The molecule has 23 heavy (non-hydrogen) atoms. The molecule has 0 amide bonds. The fourth-order valence-electron chi connectivity index (χ4n) is 4.51. The van der Waals surface area contributed by atoms with E-state index in [1.165, 1.54) is 0 Å². The highest BCUT2D eigenvalue weighted by Crippen LogP contribution is 2.77. The molecule has 4 rings (SSSR count). The maximum absolute atomic E-state index is 12.2. The molecule has 3 saturated carbocycles. The summed E-state index contributed by atoms with van der Waals surface area (Å²) >= 11 is 11.8. The van der Waals surface area contributed by atoms with Crippen LogP contribution < -0.4 is 0 Å². The molecule has 3 fully saturated rings. The molecule has 1 atom stereocenters. The molecule has 0 radical (unpaired) electrons. The van der Waals surface area contributed by atoms with Gasteiger partial charge in [-0.1, -0.05) is 30.1 Å². The van der Waals surface area contributed by atoms with Crippen molar-refractivity contribution in [2.24, 2.45) is 16.7 Å². The number of hydrogen-bond acceptors (Lipinski definition) is 2. The van der Waals surface area contributed by atoms with E-state index in [1.54, 1.807) is 18.2 Å². The van der Waals surface area contributed by atoms with Crippen molar-refractivity contribution in [3.8, 4) is 0 Å². The van der Waals surface area contributed by atoms with Gasteiger partial charge in [0, 0.05) is 12.0 Å². The molecule has 3 aliphatic carbocycles. The second-order valence-electron chi connectivity index (χ2n) is 7.36. The SMILES string of the molecule is C[C@H](C(=O)O)C12CC(CCCC(=O)c3ccc(Cl)c(Cl)c3)(C1)C2. The molecule has 0 unspecified atom stereocenters. The van der Waals surface area contributed by atoms with Crippen LogP contribution in [0.15, 0.2) is 18.2 Å². The maximum atomic E-state index is 12.2. The average molecular weight is 355 g/mol. The fourth-order valence-corrected chi connectivity index (χ4v) is 4.81. The number of Topliss-reactive ketones (excluding diaryl/α,β-unsaturated/α-hetero) is 1. The van der Waals surface area contributed by atoms with Gasteiger partial charge < -0.3 is 5.11 Å². The highest BCUT2D eigenvalue weighted by Gasteiger charge is 2.69. The van der Waals surface area contributed by atoms with Crippen LogP contribution in [0.1, 0.15) is 55.8 Å². The number of benzene rings is 1. The van der Waals surface area contributed by atoms with Crippen LogP contribution in [0.5, 0.6) is 0 Å². The topological polar surface area (TPSA) is 54.4 Å². The summed E-state index contributed by atoms with van der Waals surface area (Å²) in [4.78, 5) is 23.3. The molecule has 124 valence electrons. The number of aliphatic carboxylic acids is 1. The molecular formula is C18H20Cl2O3. The number of rotatable bonds is 7. The first-order valence-electron chi connectivity index (χ1n) is 7.98. The van der Waals surface area contributed by atoms with E-state index in [2.05, 4.69) is 0 Å². The van der Waals surface area contributed by atoms with Crippen LogP contribution in [-0.2, 0) is 4.79 Å². The molecule has 3 aliphatic rings. The fraction of sp³-hybridized carbons (Fsp3) is 0.556. The second kappa shape index (κ2) is 5.78. The summed E-state index contributed by atoms with van der Waals surface area (Å²) in [7, 11) is 0. The lowest BCUT2D eigenvalue weighted by atomic mass is 9.31. The number of carboxylic acids is 1. The van der Waals surface area contributed by atoms with E-state index in [-0.39, 0.29) is 17.1 Å². The minimum Gasteiger partial charge on any atom is -0.481 e. The van der Waals surface area contributed by atoms with E-state index in [1.807, 2.05) is 6.92 Å². The third-order valence-electron chi connectivity index (χ3n) is 5.82. The molecule has 0 aliphatic heterocycles. The Morgan fingerprint density at radius 2 is 1.87 bits per heavy atom. The molecule has 1 aromatic rings. The van der Waals surface area contributed by atoms with Gasteiger partial charge in [-0.25, -0.2) is 0 Å². The molecule has 0 aromatic heterocycles. The summed E-state index contributed by atoms with van der Waals surface area (Å²) in [6.07, 6.45) is 5.38. The van der Waals surface area contributed by atoms with Gasteiger partial charge in [-0.05, 0) is 61.1 Å². The van der Waals surface area contributed by atoms with Gasteiger partial charge in [0.1, 0.15) is 0 Å². The van der Waals surface area contributed by atoms with Crippen LogP contribution in [0.25, 0.3) is 0 Å². The van der Waals surface area contributed by atoms with Gasteiger partial charge in [-0.15, -0.1) is 0 Å². The minimum absolute atomic E-state index is 0.0412. The van der Waals surface area contributed by atoms with Gasteiger partial charge in [0.15, 0.2) is 5.78 Å². The van der Waals surface area contributed by atoms with Crippen LogP contribution >= 0.6 is 23.2 Å². The summed E-state index contributed by atoms with van der Waals surface area (Å²) in [5, 5.41) is 10.0. The van der Waals surface area contributed by atoms with Gasteiger partial charge in [-0.3, -0.25) is 9.59 Å². The van der Waals surface area contributed by atoms with Crippen molar-refractivity contribution in [3.05, 3.63) is 33.8 Å². The first-order valence-corrected chi connectivity index (χ1v) is 8.74. The molecule has 1 aromatic carbocycles. The van der Waals surface area contributed by atoms with Gasteiger partial charge in [0.25, 0.3) is 0 Å². The van der Waals surface area contributed by atoms with Crippen LogP contribution in [-0.4, -0.2) is 16.9 Å². The Morgan fingerprint density at radius 1 is 1.22 bits per heavy atom. The average Bonchev–Trinajstić information content (AvgIpc) is 2.42. The highest BCUT2D eigenvalue weighted by atomic mass is 35.5. The van der Waals surface area contributed by atoms with E-state index < -0.39 is 5.97 Å². The summed E-state index contributed by atoms with van der Waals surface area (Å²) < 4.78 is 0. The standard InChI is InChI=1S/C18H20Cl2O3/c1-11(16(22)23)18-8-17(9-18,10-18)6-2-3-15(21)12-4-5-13(19)14(20)7-12/h4-5,7,11H,2-3,6,8-10H2,1H3,(H,22,23)/t11-,17?,18?/m1/s1. The van der Waals surface area contributed by atoms with E-state index in [0.717, 1.165) is 32.1 Å². The van der Waals surface area contributed by atoms with Crippen molar-refractivity contribution in [1.29, 1.82) is 0 Å². The van der Waals surface area contributed by atoms with Gasteiger partial charge in [0.2, 0.25) is 0 Å². The predicted octanol–water partition coefficient (Wildman–Crippen LogP) is 5.24. The minimum atomic E-state index is -0.687. The molecule has 3 nitrogen and oxygen atoms in total. The van der Waals surface area contributed by atoms with E-state index in [4.69, 9.17) is 28.3 Å². The molecule has 5 heteroatoms. The first-order chi connectivity index (χ1) is 10.8. The lowest BCUT2D eigenvalue weighted by Crippen LogP contribution is -2.65. The van der Waals surface area contributed by atoms with Crippen LogP contribution in [0.4, 0.5) is 0 Å². The largest absolute Gasteiger partial charge is 0.481 e. The Bertz CT molecular complexity index is 648. The molecule has 1 N–H and O–H groups in total. The van der Waals surface area contributed by atoms with Gasteiger partial charge in [0.05, 0.1) is 16.0 Å². The quantitative estimate of drug-likeness (QED) is 0.681. The lowest BCUT2D eigenvalue weighted by Gasteiger charge is -2.73. The smallest absolute Gasteiger partial charge is 0.306 e. The van der Waals surface area contributed by atoms with Gasteiger partial charge >= 0.3 is 5.97 Å². The number of carbonyl (C=O) groups is 2. The van der Waals surface area contributed by atoms with Crippen molar-refractivity contribution < 1.29 is 14.7 Å². The van der Waals surface area contributed by atoms with E-state index in [0.29, 0.717) is 27.4 Å². The Kier molecular flexibility index (Phi) is 4.22. The van der Waals surface area contributed by atoms with E-state index in [9.17, 15) is 9.59 Å². The van der Waals surface area contributed by atoms with Crippen molar-refractivity contribution >= 4 is 35.0 Å². The van der Waals surface area contributed by atoms with Crippen LogP contribution in [0.2, 0.25) is 10.0 Å². The van der Waals surface area contributed by atoms with Gasteiger partial charge in [-0.2, -0.15) is 0 Å². The Balaban J connectivity index is 1.46. The zero-order valence-electron chi connectivity index (χ0n) is 13.1. The summed E-state index contributed by atoms with van der Waals surface area (Å²) in [5.41, 5.74) is 0.953. The second-order valence-corrected chi connectivity index (χ2v) is 8.17. The third-order valence-corrected chi connectivity index (χ3v) is 6.56. The van der Waals surface area contributed by atoms with Crippen LogP contribution in [0.3, 0.4) is 0 Å². The zero-order valence-corrected chi connectivity index (χ0v) is 14.6. The van der Waals surface area contributed by atoms with Crippen molar-refractivity contribution in [2.45, 2.75) is 45.4 Å². The molecule has 2 bridgehead atoms. The normalized spacial score (nSPS) is 29.3. The first kappa shape index (κ1) is 16.8. The third kappa shape index (κ3) is 2.89.